The van der Waals surface area contributed by atoms with Crippen LogP contribution in [0.25, 0.3) is 0 Å². The Hall–Kier alpha value is -1.84. The number of hydrogen-bond acceptors (Lipinski definition) is 3. The van der Waals surface area contributed by atoms with Crippen LogP contribution >= 0.6 is 0 Å². The maximum atomic E-state index is 12.6. The summed E-state index contributed by atoms with van der Waals surface area (Å²) in [6, 6.07) is 10.8. The second-order valence-corrected chi connectivity index (χ2v) is 6.83. The van der Waals surface area contributed by atoms with Gasteiger partial charge in [-0.25, -0.2) is 0 Å². The van der Waals surface area contributed by atoms with Gasteiger partial charge in [0.05, 0.1) is 13.0 Å². The van der Waals surface area contributed by atoms with E-state index in [1.165, 1.54) is 18.4 Å². The molecule has 23 heavy (non-hydrogen) atoms. The first kappa shape index (κ1) is 16.0. The molecule has 124 valence electrons. The number of esters is 1. The van der Waals surface area contributed by atoms with Crippen LogP contribution in [-0.4, -0.2) is 36.5 Å². The number of hydrogen-bond donors (Lipinski definition) is 0. The standard InChI is InChI=1S/C19H25NO3/c1-20(18(21)11-14-12-19(22)23-13-14)17-10-6-5-9-16(17)15-7-3-2-4-8-15/h2-4,7-8,14,16-17H,5-6,9-13H2,1H3. The van der Waals surface area contributed by atoms with Crippen LogP contribution in [0.4, 0.5) is 0 Å². The first-order valence-electron chi connectivity index (χ1n) is 8.61. The number of ether oxygens (including phenoxy) is 1. The average molecular weight is 315 g/mol. The molecule has 1 saturated carbocycles. The Balaban J connectivity index is 1.67. The Labute approximate surface area is 137 Å². The molecular weight excluding hydrogens is 290 g/mol. The molecule has 3 unspecified atom stereocenters. The van der Waals surface area contributed by atoms with E-state index >= 15 is 0 Å². The van der Waals surface area contributed by atoms with Crippen molar-refractivity contribution in [1.82, 2.24) is 4.90 Å². The summed E-state index contributed by atoms with van der Waals surface area (Å²) in [7, 11) is 1.92. The summed E-state index contributed by atoms with van der Waals surface area (Å²) >= 11 is 0. The zero-order valence-corrected chi connectivity index (χ0v) is 13.7. The fourth-order valence-electron chi connectivity index (χ4n) is 3.94. The first-order chi connectivity index (χ1) is 11.1. The summed E-state index contributed by atoms with van der Waals surface area (Å²) < 4.78 is 4.97. The minimum Gasteiger partial charge on any atom is -0.465 e. The van der Waals surface area contributed by atoms with E-state index in [9.17, 15) is 9.59 Å². The summed E-state index contributed by atoms with van der Waals surface area (Å²) in [4.78, 5) is 25.8. The van der Waals surface area contributed by atoms with Gasteiger partial charge in [0, 0.05) is 31.3 Å². The number of likely N-dealkylation sites (N-methyl/N-ethyl adjacent to an activating group) is 1. The van der Waals surface area contributed by atoms with Crippen LogP contribution < -0.4 is 0 Å². The van der Waals surface area contributed by atoms with E-state index < -0.39 is 0 Å². The fourth-order valence-corrected chi connectivity index (χ4v) is 3.94. The quantitative estimate of drug-likeness (QED) is 0.802. The number of nitrogens with zero attached hydrogens (tertiary/aromatic N) is 1. The molecule has 0 radical (unpaired) electrons. The largest absolute Gasteiger partial charge is 0.465 e. The van der Waals surface area contributed by atoms with Gasteiger partial charge < -0.3 is 9.64 Å². The highest BCUT2D eigenvalue weighted by atomic mass is 16.5. The van der Waals surface area contributed by atoms with E-state index in [2.05, 4.69) is 24.3 Å². The van der Waals surface area contributed by atoms with Crippen LogP contribution in [0.3, 0.4) is 0 Å². The van der Waals surface area contributed by atoms with Gasteiger partial charge in [-0.15, -0.1) is 0 Å². The third-order valence-corrected chi connectivity index (χ3v) is 5.25. The predicted octanol–water partition coefficient (Wildman–Crippen LogP) is 3.12. The zero-order valence-electron chi connectivity index (χ0n) is 13.7. The molecule has 2 fully saturated rings. The van der Waals surface area contributed by atoms with E-state index in [1.54, 1.807) is 0 Å². The van der Waals surface area contributed by atoms with Crippen LogP contribution in [0.1, 0.15) is 50.0 Å². The lowest BCUT2D eigenvalue weighted by atomic mass is 9.79. The number of carbonyl (C=O) groups excluding carboxylic acids is 2. The molecule has 1 heterocycles. The summed E-state index contributed by atoms with van der Waals surface area (Å²) in [6.45, 7) is 0.394. The van der Waals surface area contributed by atoms with E-state index in [4.69, 9.17) is 4.74 Å². The molecule has 3 atom stereocenters. The minimum atomic E-state index is -0.176. The summed E-state index contributed by atoms with van der Waals surface area (Å²) in [6.07, 6.45) is 5.39. The van der Waals surface area contributed by atoms with Crippen LogP contribution in [0, 0.1) is 5.92 Å². The van der Waals surface area contributed by atoms with Crippen molar-refractivity contribution < 1.29 is 14.3 Å². The SMILES string of the molecule is CN(C(=O)CC1COC(=O)C1)C1CCCCC1c1ccccc1. The van der Waals surface area contributed by atoms with Gasteiger partial charge >= 0.3 is 5.97 Å². The summed E-state index contributed by atoms with van der Waals surface area (Å²) in [5, 5.41) is 0. The monoisotopic (exact) mass is 315 g/mol. The molecule has 1 aliphatic heterocycles. The molecule has 3 rings (SSSR count). The van der Waals surface area contributed by atoms with Crippen LogP contribution in [-0.2, 0) is 14.3 Å². The van der Waals surface area contributed by atoms with Crippen molar-refractivity contribution >= 4 is 11.9 Å². The molecular formula is C19H25NO3. The van der Waals surface area contributed by atoms with Crippen molar-refractivity contribution in [3.05, 3.63) is 35.9 Å². The Bertz CT molecular complexity index is 557. The van der Waals surface area contributed by atoms with Gasteiger partial charge in [0.15, 0.2) is 0 Å². The lowest BCUT2D eigenvalue weighted by molar-refractivity contribution is -0.138. The molecule has 0 spiro atoms. The Kier molecular flexibility index (Phi) is 4.99. The topological polar surface area (TPSA) is 46.6 Å². The van der Waals surface area contributed by atoms with Gasteiger partial charge in [0.2, 0.25) is 5.91 Å². The lowest BCUT2D eigenvalue weighted by Crippen LogP contribution is -2.43. The van der Waals surface area contributed by atoms with Crippen LogP contribution in [0.15, 0.2) is 30.3 Å². The average Bonchev–Trinajstić information content (AvgIpc) is 3.00. The Morgan fingerprint density at radius 1 is 1.22 bits per heavy atom. The maximum absolute atomic E-state index is 12.6. The van der Waals surface area contributed by atoms with Gasteiger partial charge in [-0.3, -0.25) is 9.59 Å². The maximum Gasteiger partial charge on any atom is 0.306 e. The number of benzene rings is 1. The van der Waals surface area contributed by atoms with Crippen LogP contribution in [0.2, 0.25) is 0 Å². The molecule has 1 aromatic rings. The molecule has 0 aromatic heterocycles. The van der Waals surface area contributed by atoms with Crippen molar-refractivity contribution in [1.29, 1.82) is 0 Å². The van der Waals surface area contributed by atoms with Gasteiger partial charge in [-0.2, -0.15) is 0 Å². The third-order valence-electron chi connectivity index (χ3n) is 5.25. The lowest BCUT2D eigenvalue weighted by Gasteiger charge is -2.38. The Morgan fingerprint density at radius 3 is 2.65 bits per heavy atom. The molecule has 4 heteroatoms. The summed E-state index contributed by atoms with van der Waals surface area (Å²) in [5.41, 5.74) is 1.33. The van der Waals surface area contributed by atoms with Gasteiger partial charge in [0.25, 0.3) is 0 Å². The van der Waals surface area contributed by atoms with Crippen molar-refractivity contribution in [3.8, 4) is 0 Å². The highest BCUT2D eigenvalue weighted by molar-refractivity contribution is 5.78. The molecule has 1 aromatic carbocycles. The fraction of sp³-hybridized carbons (Fsp3) is 0.579. The number of amides is 1. The predicted molar refractivity (Wildman–Crippen MR) is 87.9 cm³/mol. The molecule has 1 aliphatic carbocycles. The van der Waals surface area contributed by atoms with E-state index in [0.717, 1.165) is 12.8 Å². The zero-order chi connectivity index (χ0) is 16.2. The second-order valence-electron chi connectivity index (χ2n) is 6.83. The highest BCUT2D eigenvalue weighted by Gasteiger charge is 2.34. The molecule has 1 amide bonds. The third kappa shape index (κ3) is 3.74. The smallest absolute Gasteiger partial charge is 0.306 e. The van der Waals surface area contributed by atoms with Crippen molar-refractivity contribution in [3.63, 3.8) is 0 Å². The first-order valence-corrected chi connectivity index (χ1v) is 8.61. The molecule has 2 aliphatic rings. The van der Waals surface area contributed by atoms with Crippen molar-refractivity contribution in [2.75, 3.05) is 13.7 Å². The highest BCUT2D eigenvalue weighted by Crippen LogP contribution is 2.36. The second kappa shape index (κ2) is 7.16. The molecule has 0 N–H and O–H groups in total. The van der Waals surface area contributed by atoms with E-state index in [0.29, 0.717) is 25.4 Å². The van der Waals surface area contributed by atoms with Gasteiger partial charge in [0.1, 0.15) is 0 Å². The van der Waals surface area contributed by atoms with Crippen LogP contribution in [0.5, 0.6) is 0 Å². The van der Waals surface area contributed by atoms with Crippen molar-refractivity contribution in [2.24, 2.45) is 5.92 Å². The Morgan fingerprint density at radius 2 is 1.96 bits per heavy atom. The number of rotatable bonds is 4. The molecule has 1 saturated heterocycles. The number of cyclic esters (lactones) is 1. The van der Waals surface area contributed by atoms with E-state index in [1.807, 2.05) is 18.0 Å². The number of carbonyl (C=O) groups is 2. The van der Waals surface area contributed by atoms with E-state index in [-0.39, 0.29) is 23.8 Å². The van der Waals surface area contributed by atoms with Gasteiger partial charge in [-0.05, 0) is 18.4 Å². The minimum absolute atomic E-state index is 0.0521. The van der Waals surface area contributed by atoms with Crippen molar-refractivity contribution in [2.45, 2.75) is 50.5 Å². The normalized spacial score (nSPS) is 27.5. The summed E-state index contributed by atoms with van der Waals surface area (Å²) in [5.74, 6) is 0.433. The molecule has 4 nitrogen and oxygen atoms in total. The molecule has 0 bridgehead atoms. The van der Waals surface area contributed by atoms with Gasteiger partial charge in [-0.1, -0.05) is 43.2 Å².